The van der Waals surface area contributed by atoms with E-state index in [2.05, 4.69) is 274 Å². The van der Waals surface area contributed by atoms with Crippen LogP contribution in [-0.2, 0) is 10.8 Å². The molecule has 1 heterocycles. The Hall–Kier alpha value is -8.98. The number of furan rings is 1. The van der Waals surface area contributed by atoms with Crippen molar-refractivity contribution in [3.63, 3.8) is 0 Å². The van der Waals surface area contributed by atoms with E-state index in [1.807, 2.05) is 6.07 Å². The van der Waals surface area contributed by atoms with Crippen molar-refractivity contribution < 1.29 is 4.42 Å². The van der Waals surface area contributed by atoms with Gasteiger partial charge in [0.1, 0.15) is 11.2 Å². The molecule has 0 saturated heterocycles. The Kier molecular flexibility index (Phi) is 9.72. The van der Waals surface area contributed by atoms with E-state index >= 15 is 0 Å². The molecule has 0 spiro atoms. The lowest BCUT2D eigenvalue weighted by molar-refractivity contribution is 0.662. The van der Waals surface area contributed by atoms with Crippen molar-refractivity contribution >= 4 is 39.0 Å². The number of hydrogen-bond acceptors (Lipinski definition) is 2. The predicted octanol–water partition coefficient (Wildman–Crippen LogP) is 19.4. The van der Waals surface area contributed by atoms with Crippen molar-refractivity contribution in [2.45, 2.75) is 31.6 Å². The molecule has 0 bridgehead atoms. The van der Waals surface area contributed by atoms with Gasteiger partial charge >= 0.3 is 0 Å². The highest BCUT2D eigenvalue weighted by Crippen LogP contribution is 2.55. The number of rotatable bonds is 8. The van der Waals surface area contributed by atoms with Crippen LogP contribution in [0.4, 0.5) is 17.1 Å². The third-order valence-electron chi connectivity index (χ3n) is 16.2. The predicted molar refractivity (Wildman–Crippen MR) is 305 cm³/mol. The normalized spacial score (nSPS) is 14.9. The molecule has 346 valence electrons. The molecular weight excluding hydrogens is 883 g/mol. The third-order valence-corrected chi connectivity index (χ3v) is 16.2. The van der Waals surface area contributed by atoms with Crippen LogP contribution < -0.4 is 4.90 Å². The van der Waals surface area contributed by atoms with E-state index in [9.17, 15) is 0 Å². The van der Waals surface area contributed by atoms with Crippen LogP contribution in [0.15, 0.2) is 259 Å². The smallest absolute Gasteiger partial charge is 0.136 e. The summed E-state index contributed by atoms with van der Waals surface area (Å²) in [7, 11) is 0. The lowest BCUT2D eigenvalue weighted by Gasteiger charge is -2.29. The summed E-state index contributed by atoms with van der Waals surface area (Å²) in [4.78, 5) is 2.42. The van der Waals surface area contributed by atoms with E-state index in [4.69, 9.17) is 4.42 Å². The minimum Gasteiger partial charge on any atom is -0.456 e. The van der Waals surface area contributed by atoms with Crippen LogP contribution in [0.3, 0.4) is 0 Å². The second kappa shape index (κ2) is 16.6. The van der Waals surface area contributed by atoms with E-state index in [1.54, 1.807) is 0 Å². The highest BCUT2D eigenvalue weighted by molar-refractivity contribution is 6.14. The summed E-state index contributed by atoms with van der Waals surface area (Å²) in [6, 6.07) is 93.6. The molecule has 0 radical (unpaired) electrons. The second-order valence-corrected chi connectivity index (χ2v) is 20.5. The summed E-state index contributed by atoms with van der Waals surface area (Å²) in [5.74, 6) is 0. The Morgan fingerprint density at radius 2 is 0.836 bits per heavy atom. The first-order valence-corrected chi connectivity index (χ1v) is 25.5. The zero-order valence-electron chi connectivity index (χ0n) is 41.1. The molecule has 0 saturated carbocycles. The van der Waals surface area contributed by atoms with Crippen molar-refractivity contribution in [1.29, 1.82) is 0 Å². The zero-order chi connectivity index (χ0) is 48.8. The van der Waals surface area contributed by atoms with Gasteiger partial charge in [-0.1, -0.05) is 220 Å². The quantitative estimate of drug-likeness (QED) is 0.151. The van der Waals surface area contributed by atoms with Crippen LogP contribution >= 0.6 is 0 Å². The summed E-state index contributed by atoms with van der Waals surface area (Å²) < 4.78 is 6.46. The highest BCUT2D eigenvalue weighted by atomic mass is 16.3. The van der Waals surface area contributed by atoms with Crippen molar-refractivity contribution in [3.8, 4) is 66.8 Å². The molecule has 0 aliphatic heterocycles. The van der Waals surface area contributed by atoms with Crippen molar-refractivity contribution in [1.82, 2.24) is 0 Å². The van der Waals surface area contributed by atoms with Gasteiger partial charge in [-0.15, -0.1) is 0 Å². The van der Waals surface area contributed by atoms with Gasteiger partial charge < -0.3 is 9.32 Å². The topological polar surface area (TPSA) is 16.4 Å². The van der Waals surface area contributed by atoms with Crippen LogP contribution in [0.2, 0.25) is 0 Å². The number of nitrogens with zero attached hydrogens (tertiary/aromatic N) is 1. The number of anilines is 3. The van der Waals surface area contributed by atoms with E-state index < -0.39 is 0 Å². The average Bonchev–Trinajstić information content (AvgIpc) is 4.06. The Morgan fingerprint density at radius 1 is 0.329 bits per heavy atom. The van der Waals surface area contributed by atoms with Gasteiger partial charge in [-0.25, -0.2) is 0 Å². The molecule has 14 rings (SSSR count). The maximum atomic E-state index is 6.46. The monoisotopic (exact) mass is 933 g/mol. The number of benzene rings is 11. The molecule has 1 aromatic heterocycles. The fraction of sp³-hybridized carbons (Fsp3) is 0.0704. The molecule has 2 aliphatic rings. The van der Waals surface area contributed by atoms with Crippen molar-refractivity contribution in [3.05, 3.63) is 283 Å². The molecule has 2 aliphatic carbocycles. The molecular formula is C71H51NO. The van der Waals surface area contributed by atoms with Crippen LogP contribution in [-0.4, -0.2) is 0 Å². The third kappa shape index (κ3) is 6.57. The minimum atomic E-state index is -0.275. The second-order valence-electron chi connectivity index (χ2n) is 20.5. The van der Waals surface area contributed by atoms with Gasteiger partial charge in [0.2, 0.25) is 0 Å². The molecule has 11 aromatic carbocycles. The maximum Gasteiger partial charge on any atom is 0.136 e. The van der Waals surface area contributed by atoms with Crippen molar-refractivity contribution in [2.24, 2.45) is 0 Å². The molecule has 1 unspecified atom stereocenters. The number of para-hydroxylation sites is 2. The maximum absolute atomic E-state index is 6.46. The molecule has 0 fully saturated rings. The number of hydrogen-bond donors (Lipinski definition) is 0. The lowest BCUT2D eigenvalue weighted by Crippen LogP contribution is -2.22. The molecule has 0 N–H and O–H groups in total. The molecule has 1 atom stereocenters. The van der Waals surface area contributed by atoms with Gasteiger partial charge in [0.25, 0.3) is 0 Å². The molecule has 2 nitrogen and oxygen atoms in total. The molecule has 0 amide bonds. The van der Waals surface area contributed by atoms with Crippen LogP contribution in [0.1, 0.15) is 48.6 Å². The molecule has 12 aromatic rings. The Bertz CT molecular complexity index is 4120. The summed E-state index contributed by atoms with van der Waals surface area (Å²) >= 11 is 0. The number of fused-ring (bicyclic) bond motifs is 9. The summed E-state index contributed by atoms with van der Waals surface area (Å²) in [6.45, 7) is 7.14. The minimum absolute atomic E-state index is 0.134. The fourth-order valence-corrected chi connectivity index (χ4v) is 12.7. The van der Waals surface area contributed by atoms with Crippen LogP contribution in [0.25, 0.3) is 88.7 Å². The summed E-state index contributed by atoms with van der Waals surface area (Å²) in [5, 5.41) is 2.23. The highest BCUT2D eigenvalue weighted by Gasteiger charge is 2.41. The Labute approximate surface area is 427 Å². The standard InChI is InChI=1S/C71H51NO/c1-70(2)62-30-13-9-24-55(62)60-29-17-28-59(69(60)70)53-22-8-7-21-52(53)47-37-42-51(43-38-47)72(65-32-15-11-25-57(65)58-27-18-34-67-68(58)61-26-12-16-33-66(61)73-67)50-40-35-46(36-41-50)48-39-44-56-54-23-10-14-31-63(54)71(3,64(56)45-48)49-19-5-4-6-20-49/h4-45H,1-3H3. The first kappa shape index (κ1) is 42.9. The SMILES string of the molecule is CC1(C)c2ccccc2-c2cccc(-c3ccccc3-c3ccc(N(c4ccc(-c5ccc6c(c5)C(C)(c5ccccc5)c5ccccc5-6)cc4)c4ccccc4-c4cccc5oc6ccccc6c45)cc3)c21. The molecule has 73 heavy (non-hydrogen) atoms. The van der Waals surface area contributed by atoms with Crippen LogP contribution in [0.5, 0.6) is 0 Å². The van der Waals surface area contributed by atoms with E-state index in [0.29, 0.717) is 0 Å². The van der Waals surface area contributed by atoms with Gasteiger partial charge in [-0.3, -0.25) is 0 Å². The van der Waals surface area contributed by atoms with Crippen LogP contribution in [0, 0.1) is 0 Å². The van der Waals surface area contributed by atoms with Gasteiger partial charge in [-0.2, -0.15) is 0 Å². The van der Waals surface area contributed by atoms with E-state index in [-0.39, 0.29) is 10.8 Å². The zero-order valence-corrected chi connectivity index (χ0v) is 41.1. The van der Waals surface area contributed by atoms with Crippen molar-refractivity contribution in [2.75, 3.05) is 4.90 Å². The van der Waals surface area contributed by atoms with E-state index in [0.717, 1.165) is 50.1 Å². The molecule has 2 heteroatoms. The lowest BCUT2D eigenvalue weighted by atomic mass is 9.74. The first-order chi connectivity index (χ1) is 35.9. The largest absolute Gasteiger partial charge is 0.456 e. The fourth-order valence-electron chi connectivity index (χ4n) is 12.7. The Morgan fingerprint density at radius 3 is 1.59 bits per heavy atom. The van der Waals surface area contributed by atoms with Gasteiger partial charge in [-0.05, 0) is 144 Å². The first-order valence-electron chi connectivity index (χ1n) is 25.5. The van der Waals surface area contributed by atoms with Gasteiger partial charge in [0, 0.05) is 38.5 Å². The summed E-state index contributed by atoms with van der Waals surface area (Å²) in [6.07, 6.45) is 0. The summed E-state index contributed by atoms with van der Waals surface area (Å²) in [5.41, 5.74) is 26.2. The van der Waals surface area contributed by atoms with E-state index in [1.165, 1.54) is 83.5 Å². The van der Waals surface area contributed by atoms with Gasteiger partial charge in [0.05, 0.1) is 5.69 Å². The Balaban J connectivity index is 0.897. The average molecular weight is 934 g/mol. The van der Waals surface area contributed by atoms with Gasteiger partial charge in [0.15, 0.2) is 0 Å².